The van der Waals surface area contributed by atoms with Crippen LogP contribution in [0.4, 0.5) is 14.5 Å². The van der Waals surface area contributed by atoms with Gasteiger partial charge in [0.15, 0.2) is 11.6 Å². The third-order valence-corrected chi connectivity index (χ3v) is 3.59. The molecule has 104 valence electrons. The van der Waals surface area contributed by atoms with Crippen LogP contribution in [0.15, 0.2) is 48.7 Å². The maximum atomic E-state index is 13.5. The molecule has 0 N–H and O–H groups in total. The summed E-state index contributed by atoms with van der Waals surface area (Å²) in [6, 6.07) is 13.5. The van der Waals surface area contributed by atoms with E-state index in [1.54, 1.807) is 11.1 Å². The number of nitrogens with zero attached hydrogens (tertiary/aromatic N) is 2. The molecule has 1 atom stereocenters. The van der Waals surface area contributed by atoms with Crippen LogP contribution in [-0.4, -0.2) is 0 Å². The van der Waals surface area contributed by atoms with Gasteiger partial charge in [-0.25, -0.2) is 8.78 Å². The third kappa shape index (κ3) is 2.38. The quantitative estimate of drug-likeness (QED) is 0.815. The van der Waals surface area contributed by atoms with Crippen LogP contribution in [0.2, 0.25) is 0 Å². The lowest BCUT2D eigenvalue weighted by atomic mass is 9.94. The van der Waals surface area contributed by atoms with E-state index in [-0.39, 0.29) is 12.5 Å². The summed E-state index contributed by atoms with van der Waals surface area (Å²) in [4.78, 5) is 1.80. The second kappa shape index (κ2) is 5.37. The van der Waals surface area contributed by atoms with Gasteiger partial charge < -0.3 is 4.90 Å². The first-order valence-electron chi connectivity index (χ1n) is 6.58. The largest absolute Gasteiger partial charge is 0.339 e. The molecule has 1 aliphatic heterocycles. The third-order valence-electron chi connectivity index (χ3n) is 3.59. The molecule has 0 spiro atoms. The average molecular weight is 282 g/mol. The Kier molecular flexibility index (Phi) is 3.41. The number of hydrogen-bond donors (Lipinski definition) is 0. The summed E-state index contributed by atoms with van der Waals surface area (Å²) in [6.07, 6.45) is 3.97. The van der Waals surface area contributed by atoms with Gasteiger partial charge in [-0.2, -0.15) is 5.26 Å². The van der Waals surface area contributed by atoms with Crippen LogP contribution in [0.1, 0.15) is 23.6 Å². The van der Waals surface area contributed by atoms with E-state index in [2.05, 4.69) is 6.07 Å². The minimum atomic E-state index is -0.893. The van der Waals surface area contributed by atoms with E-state index >= 15 is 0 Å². The zero-order valence-electron chi connectivity index (χ0n) is 11.1. The van der Waals surface area contributed by atoms with Gasteiger partial charge in [-0.05, 0) is 29.3 Å². The van der Waals surface area contributed by atoms with Crippen molar-refractivity contribution in [2.45, 2.75) is 12.5 Å². The summed E-state index contributed by atoms with van der Waals surface area (Å²) in [5.41, 5.74) is 2.57. The molecule has 1 heterocycles. The van der Waals surface area contributed by atoms with Crippen LogP contribution in [0.5, 0.6) is 0 Å². The molecule has 0 aromatic heterocycles. The summed E-state index contributed by atoms with van der Waals surface area (Å²) < 4.78 is 26.5. The van der Waals surface area contributed by atoms with Crippen molar-refractivity contribution in [3.63, 3.8) is 0 Å². The van der Waals surface area contributed by atoms with Gasteiger partial charge in [-0.15, -0.1) is 0 Å². The van der Waals surface area contributed by atoms with Gasteiger partial charge in [-0.1, -0.05) is 24.3 Å². The Bertz CT molecular complexity index is 747. The van der Waals surface area contributed by atoms with Crippen LogP contribution in [0.3, 0.4) is 0 Å². The van der Waals surface area contributed by atoms with Gasteiger partial charge >= 0.3 is 0 Å². The molecule has 1 aliphatic rings. The van der Waals surface area contributed by atoms with E-state index in [1.807, 2.05) is 30.3 Å². The van der Waals surface area contributed by atoms with Crippen LogP contribution in [-0.2, 0) is 0 Å². The highest BCUT2D eigenvalue weighted by Gasteiger charge is 2.24. The van der Waals surface area contributed by atoms with Gasteiger partial charge in [-0.3, -0.25) is 0 Å². The standard InChI is InChI=1S/C17H12F2N2/c18-15-6-5-13(11-16(15)19)21-10-8-12-3-1-2-4-14(12)17(21)7-9-20/h1-6,8,10-11,17H,7H2. The van der Waals surface area contributed by atoms with Crippen LogP contribution in [0, 0.1) is 23.0 Å². The molecule has 21 heavy (non-hydrogen) atoms. The average Bonchev–Trinajstić information content (AvgIpc) is 2.51. The molecule has 0 saturated heterocycles. The van der Waals surface area contributed by atoms with Crippen molar-refractivity contribution in [1.82, 2.24) is 0 Å². The van der Waals surface area contributed by atoms with Crippen molar-refractivity contribution in [1.29, 1.82) is 5.26 Å². The van der Waals surface area contributed by atoms with Crippen LogP contribution < -0.4 is 4.90 Å². The summed E-state index contributed by atoms with van der Waals surface area (Å²) in [7, 11) is 0. The first-order chi connectivity index (χ1) is 10.2. The number of rotatable bonds is 2. The van der Waals surface area contributed by atoms with Gasteiger partial charge in [0.05, 0.1) is 18.5 Å². The van der Waals surface area contributed by atoms with E-state index in [0.29, 0.717) is 5.69 Å². The van der Waals surface area contributed by atoms with E-state index in [1.165, 1.54) is 6.07 Å². The van der Waals surface area contributed by atoms with Gasteiger partial charge in [0.1, 0.15) is 0 Å². The topological polar surface area (TPSA) is 27.0 Å². The highest BCUT2D eigenvalue weighted by Crippen LogP contribution is 2.36. The zero-order chi connectivity index (χ0) is 14.8. The molecule has 0 amide bonds. The Balaban J connectivity index is 2.06. The number of fused-ring (bicyclic) bond motifs is 1. The molecule has 3 rings (SSSR count). The zero-order valence-corrected chi connectivity index (χ0v) is 11.1. The first-order valence-corrected chi connectivity index (χ1v) is 6.58. The molecule has 0 fully saturated rings. The SMILES string of the molecule is N#CCC1c2ccccc2C=CN1c1ccc(F)c(F)c1. The van der Waals surface area contributed by atoms with Crippen molar-refractivity contribution < 1.29 is 8.78 Å². The minimum absolute atomic E-state index is 0.207. The fourth-order valence-electron chi connectivity index (χ4n) is 2.59. The highest BCUT2D eigenvalue weighted by molar-refractivity contribution is 5.66. The van der Waals surface area contributed by atoms with Crippen molar-refractivity contribution in [3.05, 3.63) is 71.4 Å². The first kappa shape index (κ1) is 13.3. The molecule has 0 aliphatic carbocycles. The monoisotopic (exact) mass is 282 g/mol. The molecule has 2 aromatic rings. The van der Waals surface area contributed by atoms with Gasteiger partial charge in [0.2, 0.25) is 0 Å². The Morgan fingerprint density at radius 3 is 2.67 bits per heavy atom. The number of hydrogen-bond acceptors (Lipinski definition) is 2. The van der Waals surface area contributed by atoms with E-state index in [4.69, 9.17) is 5.26 Å². The number of halogens is 2. The molecular formula is C17H12F2N2. The summed E-state index contributed by atoms with van der Waals surface area (Å²) >= 11 is 0. The summed E-state index contributed by atoms with van der Waals surface area (Å²) in [5.74, 6) is -1.77. The molecule has 1 unspecified atom stereocenters. The number of nitriles is 1. The molecule has 0 radical (unpaired) electrons. The summed E-state index contributed by atoms with van der Waals surface area (Å²) in [5, 5.41) is 9.07. The Morgan fingerprint density at radius 1 is 1.10 bits per heavy atom. The predicted octanol–water partition coefficient (Wildman–Crippen LogP) is 4.41. The number of anilines is 1. The van der Waals surface area contributed by atoms with Crippen LogP contribution in [0.25, 0.3) is 6.08 Å². The minimum Gasteiger partial charge on any atom is -0.339 e. The lowest BCUT2D eigenvalue weighted by Gasteiger charge is -2.33. The second-order valence-electron chi connectivity index (χ2n) is 4.83. The number of benzene rings is 2. The molecule has 0 saturated carbocycles. The lowest BCUT2D eigenvalue weighted by molar-refractivity contribution is 0.508. The maximum absolute atomic E-state index is 13.5. The van der Waals surface area contributed by atoms with Crippen molar-refractivity contribution in [3.8, 4) is 6.07 Å². The van der Waals surface area contributed by atoms with Crippen LogP contribution >= 0.6 is 0 Å². The smallest absolute Gasteiger partial charge is 0.160 e. The predicted molar refractivity (Wildman–Crippen MR) is 77.3 cm³/mol. The Morgan fingerprint density at radius 2 is 1.90 bits per heavy atom. The Labute approximate surface area is 121 Å². The highest BCUT2D eigenvalue weighted by atomic mass is 19.2. The maximum Gasteiger partial charge on any atom is 0.160 e. The fourth-order valence-corrected chi connectivity index (χ4v) is 2.59. The van der Waals surface area contributed by atoms with Crippen molar-refractivity contribution in [2.75, 3.05) is 4.90 Å². The van der Waals surface area contributed by atoms with Crippen molar-refractivity contribution in [2.24, 2.45) is 0 Å². The molecule has 2 aromatic carbocycles. The molecule has 4 heteroatoms. The lowest BCUT2D eigenvalue weighted by Crippen LogP contribution is -2.26. The Hall–Kier alpha value is -2.67. The van der Waals surface area contributed by atoms with Gasteiger partial charge in [0, 0.05) is 18.0 Å². The summed E-state index contributed by atoms with van der Waals surface area (Å²) in [6.45, 7) is 0. The van der Waals surface area contributed by atoms with Gasteiger partial charge in [0.25, 0.3) is 0 Å². The van der Waals surface area contributed by atoms with Crippen molar-refractivity contribution >= 4 is 11.8 Å². The second-order valence-corrected chi connectivity index (χ2v) is 4.83. The fraction of sp³-hybridized carbons (Fsp3) is 0.118. The molecular weight excluding hydrogens is 270 g/mol. The normalized spacial score (nSPS) is 16.4. The van der Waals surface area contributed by atoms with E-state index in [9.17, 15) is 8.78 Å². The van der Waals surface area contributed by atoms with E-state index in [0.717, 1.165) is 23.3 Å². The van der Waals surface area contributed by atoms with E-state index < -0.39 is 11.6 Å². The molecule has 2 nitrogen and oxygen atoms in total. The molecule has 0 bridgehead atoms.